The Morgan fingerprint density at radius 3 is 2.62 bits per heavy atom. The summed E-state index contributed by atoms with van der Waals surface area (Å²) < 4.78 is 0.750. The lowest BCUT2D eigenvalue weighted by molar-refractivity contribution is -0.118. The highest BCUT2D eigenvalue weighted by Crippen LogP contribution is 2.31. The van der Waals surface area contributed by atoms with Crippen LogP contribution in [0.15, 0.2) is 22.5 Å². The lowest BCUT2D eigenvalue weighted by Gasteiger charge is -2.13. The second-order valence-electron chi connectivity index (χ2n) is 4.93. The summed E-state index contributed by atoms with van der Waals surface area (Å²) in [5.74, 6) is 2.55. The lowest BCUT2D eigenvalue weighted by Crippen LogP contribution is -2.25. The summed E-state index contributed by atoms with van der Waals surface area (Å²) >= 11 is 2.80. The van der Waals surface area contributed by atoms with Crippen LogP contribution in [-0.2, 0) is 17.6 Å². The fourth-order valence-corrected chi connectivity index (χ4v) is 3.74. The number of thioether (sulfide) groups is 1. The van der Waals surface area contributed by atoms with Crippen molar-refractivity contribution in [3.63, 3.8) is 0 Å². The summed E-state index contributed by atoms with van der Waals surface area (Å²) in [6.07, 6.45) is 7.01. The summed E-state index contributed by atoms with van der Waals surface area (Å²) in [6, 6.07) is 6.32. The molecule has 7 heteroatoms. The Morgan fingerprint density at radius 2 is 2.00 bits per heavy atom. The van der Waals surface area contributed by atoms with Crippen molar-refractivity contribution < 1.29 is 4.79 Å². The molecule has 0 radical (unpaired) electrons. The first-order valence-corrected chi connectivity index (χ1v) is 9.52. The van der Waals surface area contributed by atoms with E-state index in [2.05, 4.69) is 58.8 Å². The maximum atomic E-state index is 11.6. The minimum Gasteiger partial charge on any atom is -0.344 e. The number of hydrogen-bond donors (Lipinski definition) is 2. The fraction of sp³-hybridized carbons (Fsp3) is 0.353. The maximum absolute atomic E-state index is 11.6. The van der Waals surface area contributed by atoms with Crippen LogP contribution in [0.3, 0.4) is 0 Å². The number of nitrogens with zero attached hydrogens (tertiary/aromatic N) is 2. The van der Waals surface area contributed by atoms with E-state index >= 15 is 0 Å². The van der Waals surface area contributed by atoms with Crippen LogP contribution in [0.5, 0.6) is 0 Å². The average molecular weight is 361 g/mol. The Bertz CT molecular complexity index is 714. The fourth-order valence-electron chi connectivity index (χ4n) is 2.16. The largest absolute Gasteiger partial charge is 0.344 e. The van der Waals surface area contributed by atoms with Crippen molar-refractivity contribution in [2.45, 2.75) is 31.0 Å². The highest BCUT2D eigenvalue weighted by Gasteiger charge is 2.11. The monoisotopic (exact) mass is 360 g/mol. The van der Waals surface area contributed by atoms with E-state index in [4.69, 9.17) is 6.42 Å². The van der Waals surface area contributed by atoms with Gasteiger partial charge in [-0.3, -0.25) is 4.79 Å². The Kier molecular flexibility index (Phi) is 7.09. The summed E-state index contributed by atoms with van der Waals surface area (Å²) in [6.45, 7) is 4.52. The topological polar surface area (TPSA) is 66.9 Å². The van der Waals surface area contributed by atoms with Gasteiger partial charge in [-0.2, -0.15) is 0 Å². The van der Waals surface area contributed by atoms with Gasteiger partial charge in [0.25, 0.3) is 0 Å². The van der Waals surface area contributed by atoms with Crippen LogP contribution >= 0.6 is 23.1 Å². The molecule has 0 spiro atoms. The van der Waals surface area contributed by atoms with Gasteiger partial charge in [-0.1, -0.05) is 61.1 Å². The van der Waals surface area contributed by atoms with Crippen LogP contribution in [0.1, 0.15) is 25.0 Å². The van der Waals surface area contributed by atoms with E-state index < -0.39 is 0 Å². The molecule has 1 heterocycles. The third-order valence-electron chi connectivity index (χ3n) is 3.35. The van der Waals surface area contributed by atoms with Crippen LogP contribution in [-0.4, -0.2) is 28.4 Å². The summed E-state index contributed by atoms with van der Waals surface area (Å²) in [4.78, 5) is 11.6. The quantitative estimate of drug-likeness (QED) is 0.559. The van der Waals surface area contributed by atoms with Gasteiger partial charge >= 0.3 is 0 Å². The molecule has 24 heavy (non-hydrogen) atoms. The number of terminal acetylenes is 1. The zero-order valence-corrected chi connectivity index (χ0v) is 15.4. The molecule has 0 aliphatic heterocycles. The number of carbonyl (C=O) groups is 1. The predicted molar refractivity (Wildman–Crippen MR) is 101 cm³/mol. The standard InChI is InChI=1S/C17H20N4OS2/c1-4-10-18-14(22)11-23-17-21-20-16(24-17)19-15-12(5-2)8-7-9-13(15)6-3/h1,7-9H,5-6,10-11H2,2-3H3,(H,18,22)(H,19,20). The molecule has 1 amide bonds. The first-order valence-electron chi connectivity index (χ1n) is 7.72. The molecule has 0 aliphatic carbocycles. The van der Waals surface area contributed by atoms with Crippen LogP contribution in [0, 0.1) is 12.3 Å². The number of carbonyl (C=O) groups excluding carboxylic acids is 1. The molecule has 0 saturated carbocycles. The highest BCUT2D eigenvalue weighted by molar-refractivity contribution is 8.01. The molecule has 5 nitrogen and oxygen atoms in total. The smallest absolute Gasteiger partial charge is 0.231 e. The van der Waals surface area contributed by atoms with Gasteiger partial charge in [0, 0.05) is 5.69 Å². The zero-order valence-electron chi connectivity index (χ0n) is 13.8. The number of amides is 1. The Morgan fingerprint density at radius 1 is 1.29 bits per heavy atom. The molecule has 2 N–H and O–H groups in total. The van der Waals surface area contributed by atoms with E-state index in [9.17, 15) is 4.79 Å². The molecule has 1 aromatic heterocycles. The van der Waals surface area contributed by atoms with Crippen molar-refractivity contribution in [2.75, 3.05) is 17.6 Å². The first-order chi connectivity index (χ1) is 11.7. The third kappa shape index (κ3) is 4.98. The third-order valence-corrected chi connectivity index (χ3v) is 5.32. The van der Waals surface area contributed by atoms with Crippen LogP contribution in [0.4, 0.5) is 10.8 Å². The SMILES string of the molecule is C#CCNC(=O)CSc1nnc(Nc2c(CC)cccc2CC)s1. The second kappa shape index (κ2) is 9.30. The van der Waals surface area contributed by atoms with Crippen molar-refractivity contribution in [1.82, 2.24) is 15.5 Å². The van der Waals surface area contributed by atoms with Gasteiger partial charge < -0.3 is 10.6 Å². The number of anilines is 2. The number of para-hydroxylation sites is 1. The van der Waals surface area contributed by atoms with Gasteiger partial charge in [-0.05, 0) is 24.0 Å². The molecule has 0 saturated heterocycles. The van der Waals surface area contributed by atoms with Crippen molar-refractivity contribution >= 4 is 39.8 Å². The van der Waals surface area contributed by atoms with Crippen molar-refractivity contribution in [3.8, 4) is 12.3 Å². The Balaban J connectivity index is 2.02. The summed E-state index contributed by atoms with van der Waals surface area (Å²) in [5, 5.41) is 15.0. The minimum atomic E-state index is -0.104. The van der Waals surface area contributed by atoms with E-state index in [-0.39, 0.29) is 18.2 Å². The van der Waals surface area contributed by atoms with Gasteiger partial charge in [0.05, 0.1) is 12.3 Å². The molecule has 2 rings (SSSR count). The van der Waals surface area contributed by atoms with E-state index in [0.29, 0.717) is 0 Å². The second-order valence-corrected chi connectivity index (χ2v) is 7.13. The number of nitrogens with one attached hydrogen (secondary N) is 2. The lowest BCUT2D eigenvalue weighted by atomic mass is 10.0. The van der Waals surface area contributed by atoms with Gasteiger partial charge in [-0.25, -0.2) is 0 Å². The van der Waals surface area contributed by atoms with E-state index in [0.717, 1.165) is 28.0 Å². The van der Waals surface area contributed by atoms with E-state index in [1.807, 2.05) is 0 Å². The molecule has 0 bridgehead atoms. The van der Waals surface area contributed by atoms with E-state index in [1.54, 1.807) is 0 Å². The number of rotatable bonds is 8. The molecular formula is C17H20N4OS2. The number of benzene rings is 1. The van der Waals surface area contributed by atoms with Gasteiger partial charge in [0.15, 0.2) is 4.34 Å². The Hall–Kier alpha value is -2.04. The number of aryl methyl sites for hydroxylation is 2. The van der Waals surface area contributed by atoms with Crippen molar-refractivity contribution in [2.24, 2.45) is 0 Å². The van der Waals surface area contributed by atoms with Crippen molar-refractivity contribution in [1.29, 1.82) is 0 Å². The molecule has 0 fully saturated rings. The van der Waals surface area contributed by atoms with Gasteiger partial charge in [0.2, 0.25) is 11.0 Å². The molecule has 0 atom stereocenters. The predicted octanol–water partition coefficient (Wildman–Crippen LogP) is 3.25. The molecule has 1 aromatic carbocycles. The summed E-state index contributed by atoms with van der Waals surface area (Å²) in [7, 11) is 0. The molecular weight excluding hydrogens is 340 g/mol. The molecule has 0 unspecified atom stereocenters. The highest BCUT2D eigenvalue weighted by atomic mass is 32.2. The van der Waals surface area contributed by atoms with Gasteiger partial charge in [0.1, 0.15) is 0 Å². The molecule has 126 valence electrons. The normalized spacial score (nSPS) is 10.2. The van der Waals surface area contributed by atoms with Crippen LogP contribution in [0.2, 0.25) is 0 Å². The van der Waals surface area contributed by atoms with Crippen molar-refractivity contribution in [3.05, 3.63) is 29.3 Å². The van der Waals surface area contributed by atoms with Crippen LogP contribution in [0.25, 0.3) is 0 Å². The molecule has 2 aromatic rings. The van der Waals surface area contributed by atoms with E-state index in [1.165, 1.54) is 34.2 Å². The van der Waals surface area contributed by atoms with Gasteiger partial charge in [-0.15, -0.1) is 16.6 Å². The summed E-state index contributed by atoms with van der Waals surface area (Å²) in [5.41, 5.74) is 3.63. The number of hydrogen-bond acceptors (Lipinski definition) is 6. The maximum Gasteiger partial charge on any atom is 0.231 e. The first kappa shape index (κ1) is 18.3. The Labute approximate surface area is 150 Å². The van der Waals surface area contributed by atoms with Crippen LogP contribution < -0.4 is 10.6 Å². The number of aromatic nitrogens is 2. The average Bonchev–Trinajstić information content (AvgIpc) is 3.05. The zero-order chi connectivity index (χ0) is 17.4. The minimum absolute atomic E-state index is 0.104. The molecule has 0 aliphatic rings.